The summed E-state index contributed by atoms with van der Waals surface area (Å²) < 4.78 is 34.0. The van der Waals surface area contributed by atoms with Crippen molar-refractivity contribution in [1.82, 2.24) is 29.7 Å². The van der Waals surface area contributed by atoms with Crippen molar-refractivity contribution in [3.05, 3.63) is 48.4 Å². The van der Waals surface area contributed by atoms with Crippen molar-refractivity contribution in [2.75, 3.05) is 13.1 Å². The lowest BCUT2D eigenvalue weighted by Gasteiger charge is -2.18. The van der Waals surface area contributed by atoms with Gasteiger partial charge in [0.05, 0.1) is 0 Å². The Morgan fingerprint density at radius 3 is 2.61 bits per heavy atom. The lowest BCUT2D eigenvalue weighted by atomic mass is 10.1. The van der Waals surface area contributed by atoms with Crippen molar-refractivity contribution in [3.8, 4) is 11.4 Å². The van der Waals surface area contributed by atoms with E-state index in [9.17, 15) is 13.2 Å². The molecule has 0 aromatic carbocycles. The van der Waals surface area contributed by atoms with Crippen LogP contribution in [0, 0.1) is 5.92 Å². The molecule has 2 N–H and O–H groups in total. The number of H-pyrrole nitrogens is 1. The van der Waals surface area contributed by atoms with E-state index in [2.05, 4.69) is 24.8 Å². The van der Waals surface area contributed by atoms with Gasteiger partial charge in [-0.05, 0) is 37.0 Å². The van der Waals surface area contributed by atoms with Gasteiger partial charge in [0.1, 0.15) is 16.6 Å². The molecule has 1 aliphatic heterocycles. The van der Waals surface area contributed by atoms with Gasteiger partial charge in [-0.1, -0.05) is 19.0 Å². The number of rotatable bonds is 7. The van der Waals surface area contributed by atoms with Gasteiger partial charge in [-0.3, -0.25) is 9.78 Å². The molecule has 3 aromatic rings. The van der Waals surface area contributed by atoms with Gasteiger partial charge in [0, 0.05) is 37.2 Å². The number of likely N-dealkylation sites (tertiary alicyclic amines) is 1. The van der Waals surface area contributed by atoms with Gasteiger partial charge in [-0.2, -0.15) is 9.71 Å². The summed E-state index contributed by atoms with van der Waals surface area (Å²) in [5.74, 6) is 0.153. The summed E-state index contributed by atoms with van der Waals surface area (Å²) >= 11 is 0. The highest BCUT2D eigenvalue weighted by molar-refractivity contribution is 7.89. The zero-order chi connectivity index (χ0) is 22.0. The van der Waals surface area contributed by atoms with Crippen LogP contribution in [-0.4, -0.2) is 52.4 Å². The Balaban J connectivity index is 1.54. The largest absolute Gasteiger partial charge is 0.356 e. The Kier molecular flexibility index (Phi) is 5.88. The number of sulfonamides is 1. The summed E-state index contributed by atoms with van der Waals surface area (Å²) in [6.07, 6.45) is 6.46. The Morgan fingerprint density at radius 1 is 1.23 bits per heavy atom. The SMILES string of the molecule is CC(C)C(NS(=O)(=O)c1c[nH]c(C(=O)N2CCCC2)c1)c1nc(-c2ccncc2)no1. The van der Waals surface area contributed by atoms with Crippen molar-refractivity contribution in [3.63, 3.8) is 0 Å². The minimum atomic E-state index is -3.93. The molecule has 0 bridgehead atoms. The lowest BCUT2D eigenvalue weighted by Crippen LogP contribution is -2.32. The summed E-state index contributed by atoms with van der Waals surface area (Å²) in [7, 11) is -3.93. The lowest BCUT2D eigenvalue weighted by molar-refractivity contribution is 0.0787. The minimum Gasteiger partial charge on any atom is -0.356 e. The van der Waals surface area contributed by atoms with Gasteiger partial charge in [0.15, 0.2) is 0 Å². The summed E-state index contributed by atoms with van der Waals surface area (Å²) in [4.78, 5) is 25.3. The number of carbonyl (C=O) groups excluding carboxylic acids is 1. The average molecular weight is 445 g/mol. The van der Waals surface area contributed by atoms with Gasteiger partial charge in [0.2, 0.25) is 21.7 Å². The number of carbonyl (C=O) groups is 1. The second-order valence-electron chi connectivity index (χ2n) is 7.78. The van der Waals surface area contributed by atoms with Crippen LogP contribution in [0.5, 0.6) is 0 Å². The molecule has 1 atom stereocenters. The van der Waals surface area contributed by atoms with Crippen LogP contribution in [0.2, 0.25) is 0 Å². The second-order valence-corrected chi connectivity index (χ2v) is 9.50. The van der Waals surface area contributed by atoms with Gasteiger partial charge < -0.3 is 14.4 Å². The topological polar surface area (TPSA) is 134 Å². The fourth-order valence-electron chi connectivity index (χ4n) is 3.43. The van der Waals surface area contributed by atoms with E-state index in [0.717, 1.165) is 12.8 Å². The van der Waals surface area contributed by atoms with Crippen molar-refractivity contribution < 1.29 is 17.7 Å². The van der Waals surface area contributed by atoms with E-state index in [1.165, 1.54) is 12.3 Å². The summed E-state index contributed by atoms with van der Waals surface area (Å²) in [5, 5.41) is 3.96. The smallest absolute Gasteiger partial charge is 0.270 e. The van der Waals surface area contributed by atoms with Crippen LogP contribution in [0.15, 0.2) is 46.2 Å². The number of amides is 1. The van der Waals surface area contributed by atoms with Gasteiger partial charge >= 0.3 is 0 Å². The number of aromatic amines is 1. The third kappa shape index (κ3) is 4.52. The van der Waals surface area contributed by atoms with Crippen LogP contribution in [0.3, 0.4) is 0 Å². The van der Waals surface area contributed by atoms with E-state index in [0.29, 0.717) is 24.5 Å². The maximum absolute atomic E-state index is 13.0. The van der Waals surface area contributed by atoms with E-state index in [-0.39, 0.29) is 28.3 Å². The molecule has 164 valence electrons. The zero-order valence-electron chi connectivity index (χ0n) is 17.3. The molecule has 1 saturated heterocycles. The molecule has 0 aliphatic carbocycles. The highest BCUT2D eigenvalue weighted by Crippen LogP contribution is 2.26. The first-order chi connectivity index (χ1) is 14.8. The molecule has 4 rings (SSSR count). The third-order valence-corrected chi connectivity index (χ3v) is 6.61. The molecule has 1 unspecified atom stereocenters. The first-order valence-corrected chi connectivity index (χ1v) is 11.6. The maximum atomic E-state index is 13.0. The Hall–Kier alpha value is -3.05. The van der Waals surface area contributed by atoms with E-state index in [1.807, 2.05) is 13.8 Å². The number of nitrogens with zero attached hydrogens (tertiary/aromatic N) is 4. The van der Waals surface area contributed by atoms with E-state index < -0.39 is 16.1 Å². The third-order valence-electron chi connectivity index (χ3n) is 5.19. The molecule has 1 fully saturated rings. The van der Waals surface area contributed by atoms with Crippen LogP contribution in [0.1, 0.15) is 49.1 Å². The predicted molar refractivity (Wildman–Crippen MR) is 111 cm³/mol. The van der Waals surface area contributed by atoms with Crippen molar-refractivity contribution in [2.45, 2.75) is 37.6 Å². The molecule has 11 heteroatoms. The van der Waals surface area contributed by atoms with Crippen LogP contribution < -0.4 is 4.72 Å². The minimum absolute atomic E-state index is 0.0189. The van der Waals surface area contributed by atoms with E-state index in [4.69, 9.17) is 4.52 Å². The maximum Gasteiger partial charge on any atom is 0.270 e. The highest BCUT2D eigenvalue weighted by atomic mass is 32.2. The average Bonchev–Trinajstić information content (AvgIpc) is 3.53. The highest BCUT2D eigenvalue weighted by Gasteiger charge is 2.30. The first-order valence-electron chi connectivity index (χ1n) is 10.1. The van der Waals surface area contributed by atoms with Crippen molar-refractivity contribution >= 4 is 15.9 Å². The Bertz CT molecular complexity index is 1150. The first kappa shape index (κ1) is 21.2. The molecule has 3 aromatic heterocycles. The molecule has 0 saturated carbocycles. The number of pyridine rings is 1. The molecule has 1 aliphatic rings. The predicted octanol–water partition coefficient (Wildman–Crippen LogP) is 2.37. The number of hydrogen-bond acceptors (Lipinski definition) is 7. The number of hydrogen-bond donors (Lipinski definition) is 2. The zero-order valence-corrected chi connectivity index (χ0v) is 18.1. The molecular weight excluding hydrogens is 420 g/mol. The van der Waals surface area contributed by atoms with Crippen LogP contribution in [0.25, 0.3) is 11.4 Å². The summed E-state index contributed by atoms with van der Waals surface area (Å²) in [5.41, 5.74) is 0.965. The molecular formula is C20H24N6O4S. The standard InChI is InChI=1S/C20H24N6O4S/c1-13(2)17(19-23-18(24-30-19)14-5-7-21-8-6-14)25-31(28,29)15-11-16(22-12-15)20(27)26-9-3-4-10-26/h5-8,11-13,17,22,25H,3-4,9-10H2,1-2H3. The molecule has 0 spiro atoms. The number of nitrogens with one attached hydrogen (secondary N) is 2. The fourth-order valence-corrected chi connectivity index (χ4v) is 4.76. The van der Waals surface area contributed by atoms with Crippen molar-refractivity contribution in [1.29, 1.82) is 0 Å². The van der Waals surface area contributed by atoms with Gasteiger partial charge in [-0.25, -0.2) is 8.42 Å². The van der Waals surface area contributed by atoms with Gasteiger partial charge in [0.25, 0.3) is 5.91 Å². The summed E-state index contributed by atoms with van der Waals surface area (Å²) in [6.45, 7) is 5.07. The molecule has 31 heavy (non-hydrogen) atoms. The van der Waals surface area contributed by atoms with E-state index >= 15 is 0 Å². The Labute approximate surface area is 180 Å². The summed E-state index contributed by atoms with van der Waals surface area (Å²) in [6, 6.07) is 4.10. The molecule has 1 amide bonds. The molecule has 0 radical (unpaired) electrons. The second kappa shape index (κ2) is 8.60. The van der Waals surface area contributed by atoms with Crippen molar-refractivity contribution in [2.24, 2.45) is 5.92 Å². The van der Waals surface area contributed by atoms with E-state index in [1.54, 1.807) is 29.4 Å². The fraction of sp³-hybridized carbons (Fsp3) is 0.400. The molecule has 10 nitrogen and oxygen atoms in total. The van der Waals surface area contributed by atoms with Crippen LogP contribution >= 0.6 is 0 Å². The Morgan fingerprint density at radius 2 is 1.94 bits per heavy atom. The van der Waals surface area contributed by atoms with Crippen LogP contribution in [-0.2, 0) is 10.0 Å². The van der Waals surface area contributed by atoms with Gasteiger partial charge in [-0.15, -0.1) is 0 Å². The van der Waals surface area contributed by atoms with Crippen LogP contribution in [0.4, 0.5) is 0 Å². The number of aromatic nitrogens is 4. The monoisotopic (exact) mass is 444 g/mol. The quantitative estimate of drug-likeness (QED) is 0.571. The normalized spacial score (nSPS) is 15.5. The molecule has 4 heterocycles.